The second kappa shape index (κ2) is 7.43. The molecule has 1 aliphatic carbocycles. The number of rotatable bonds is 6. The van der Waals surface area contributed by atoms with E-state index in [2.05, 4.69) is 32.1 Å². The third kappa shape index (κ3) is 4.19. The first-order chi connectivity index (χ1) is 10.1. The molecule has 6 nitrogen and oxygen atoms in total. The molecular weight excluding hydrogens is 266 g/mol. The lowest BCUT2D eigenvalue weighted by Crippen LogP contribution is -2.38. The Balaban J connectivity index is 2.25. The van der Waals surface area contributed by atoms with Gasteiger partial charge in [0.15, 0.2) is 0 Å². The van der Waals surface area contributed by atoms with E-state index in [1.165, 1.54) is 32.1 Å². The number of hydrogen-bond acceptors (Lipinski definition) is 6. The fourth-order valence-corrected chi connectivity index (χ4v) is 2.81. The van der Waals surface area contributed by atoms with Gasteiger partial charge in [0, 0.05) is 19.6 Å². The van der Waals surface area contributed by atoms with Crippen molar-refractivity contribution in [1.82, 2.24) is 15.0 Å². The zero-order chi connectivity index (χ0) is 15.2. The predicted octanol–water partition coefficient (Wildman–Crippen LogP) is 2.86. The van der Waals surface area contributed by atoms with E-state index < -0.39 is 0 Å². The Labute approximate surface area is 127 Å². The summed E-state index contributed by atoms with van der Waals surface area (Å²) in [5.74, 6) is 1.28. The van der Waals surface area contributed by atoms with E-state index in [0.29, 0.717) is 18.0 Å². The molecule has 1 saturated carbocycles. The molecule has 2 rings (SSSR count). The van der Waals surface area contributed by atoms with Crippen molar-refractivity contribution < 1.29 is 4.74 Å². The predicted molar refractivity (Wildman–Crippen MR) is 85.0 cm³/mol. The molecular formula is C15H27N5O. The molecule has 1 aromatic rings. The molecule has 118 valence electrons. The second-order valence-electron chi connectivity index (χ2n) is 5.74. The van der Waals surface area contributed by atoms with Gasteiger partial charge in [0.1, 0.15) is 0 Å². The van der Waals surface area contributed by atoms with Crippen molar-refractivity contribution in [2.45, 2.75) is 65.0 Å². The van der Waals surface area contributed by atoms with Crippen LogP contribution in [0.15, 0.2) is 0 Å². The quantitative estimate of drug-likeness (QED) is 0.870. The van der Waals surface area contributed by atoms with Crippen molar-refractivity contribution in [1.29, 1.82) is 0 Å². The molecule has 0 bridgehead atoms. The van der Waals surface area contributed by atoms with Crippen LogP contribution >= 0.6 is 0 Å². The maximum Gasteiger partial charge on any atom is 0.323 e. The Morgan fingerprint density at radius 3 is 2.48 bits per heavy atom. The van der Waals surface area contributed by atoms with Crippen LogP contribution in [0.25, 0.3) is 0 Å². The lowest BCUT2D eigenvalue weighted by atomic mass is 9.94. The average molecular weight is 293 g/mol. The smallest absolute Gasteiger partial charge is 0.323 e. The number of nitrogens with one attached hydrogen (secondary N) is 1. The van der Waals surface area contributed by atoms with E-state index in [-0.39, 0.29) is 6.10 Å². The van der Waals surface area contributed by atoms with Gasteiger partial charge in [0.2, 0.25) is 11.9 Å². The molecule has 21 heavy (non-hydrogen) atoms. The number of ether oxygens (including phenoxy) is 1. The van der Waals surface area contributed by atoms with E-state index in [4.69, 9.17) is 4.74 Å². The first kappa shape index (κ1) is 15.8. The Morgan fingerprint density at radius 2 is 1.90 bits per heavy atom. The van der Waals surface area contributed by atoms with E-state index in [0.717, 1.165) is 12.5 Å². The molecule has 1 N–H and O–H groups in total. The van der Waals surface area contributed by atoms with Crippen LogP contribution in [0.1, 0.15) is 52.9 Å². The van der Waals surface area contributed by atoms with Gasteiger partial charge in [-0.1, -0.05) is 19.3 Å². The van der Waals surface area contributed by atoms with Gasteiger partial charge in [-0.25, -0.2) is 0 Å². The van der Waals surface area contributed by atoms with Crippen molar-refractivity contribution in [3.05, 3.63) is 0 Å². The first-order valence-electron chi connectivity index (χ1n) is 8.01. The van der Waals surface area contributed by atoms with E-state index in [1.54, 1.807) is 0 Å². The molecule has 1 fully saturated rings. The number of hydrogen-bond donors (Lipinski definition) is 1. The topological polar surface area (TPSA) is 63.2 Å². The highest BCUT2D eigenvalue weighted by atomic mass is 16.5. The van der Waals surface area contributed by atoms with Gasteiger partial charge >= 0.3 is 6.01 Å². The van der Waals surface area contributed by atoms with Crippen LogP contribution in [0, 0.1) is 0 Å². The number of aromatic nitrogens is 3. The van der Waals surface area contributed by atoms with Gasteiger partial charge in [0.05, 0.1) is 6.10 Å². The summed E-state index contributed by atoms with van der Waals surface area (Å²) in [6.45, 7) is 7.00. The van der Waals surface area contributed by atoms with Gasteiger partial charge in [-0.15, -0.1) is 0 Å². The van der Waals surface area contributed by atoms with Crippen LogP contribution < -0.4 is 15.0 Å². The minimum Gasteiger partial charge on any atom is -0.461 e. The van der Waals surface area contributed by atoms with Crippen LogP contribution in [0.4, 0.5) is 11.9 Å². The third-order valence-electron chi connectivity index (χ3n) is 3.78. The monoisotopic (exact) mass is 293 g/mol. The highest BCUT2D eigenvalue weighted by Crippen LogP contribution is 2.26. The molecule has 1 aliphatic rings. The Kier molecular flexibility index (Phi) is 5.59. The van der Waals surface area contributed by atoms with Crippen molar-refractivity contribution in [2.75, 3.05) is 23.8 Å². The Hall–Kier alpha value is -1.59. The molecule has 0 aromatic carbocycles. The highest BCUT2D eigenvalue weighted by Gasteiger charge is 2.23. The summed E-state index contributed by atoms with van der Waals surface area (Å²) in [4.78, 5) is 15.6. The van der Waals surface area contributed by atoms with Crippen LogP contribution in [-0.4, -0.2) is 40.7 Å². The van der Waals surface area contributed by atoms with Crippen LogP contribution in [0.2, 0.25) is 0 Å². The summed E-state index contributed by atoms with van der Waals surface area (Å²) in [6, 6.07) is 0.927. The van der Waals surface area contributed by atoms with Gasteiger partial charge in [-0.2, -0.15) is 15.0 Å². The van der Waals surface area contributed by atoms with E-state index in [1.807, 2.05) is 20.9 Å². The van der Waals surface area contributed by atoms with Gasteiger partial charge in [-0.3, -0.25) is 0 Å². The SMILES string of the molecule is CCN(c1nc(NC)nc(OC(C)C)n1)C1CCCCC1. The highest BCUT2D eigenvalue weighted by molar-refractivity contribution is 5.39. The number of nitrogens with zero attached hydrogens (tertiary/aromatic N) is 4. The fourth-order valence-electron chi connectivity index (χ4n) is 2.81. The van der Waals surface area contributed by atoms with Gasteiger partial charge in [-0.05, 0) is 33.6 Å². The lowest BCUT2D eigenvalue weighted by molar-refractivity contribution is 0.221. The molecule has 0 atom stereocenters. The molecule has 0 unspecified atom stereocenters. The maximum absolute atomic E-state index is 5.65. The molecule has 0 aliphatic heterocycles. The lowest BCUT2D eigenvalue weighted by Gasteiger charge is -2.33. The van der Waals surface area contributed by atoms with Gasteiger partial charge in [0.25, 0.3) is 0 Å². The standard InChI is InChI=1S/C15H27N5O/c1-5-20(12-9-7-6-8-10-12)14-17-13(16-4)18-15(19-14)21-11(2)3/h11-12H,5-10H2,1-4H3,(H,16,17,18,19). The molecule has 1 aromatic heterocycles. The van der Waals surface area contributed by atoms with Crippen LogP contribution in [0.5, 0.6) is 6.01 Å². The normalized spacial score (nSPS) is 16.0. The molecule has 0 amide bonds. The Morgan fingerprint density at radius 1 is 1.19 bits per heavy atom. The van der Waals surface area contributed by atoms with Crippen LogP contribution in [0.3, 0.4) is 0 Å². The van der Waals surface area contributed by atoms with Crippen LogP contribution in [-0.2, 0) is 0 Å². The van der Waals surface area contributed by atoms with E-state index >= 15 is 0 Å². The number of anilines is 2. The minimum absolute atomic E-state index is 0.0507. The molecule has 0 radical (unpaired) electrons. The second-order valence-corrected chi connectivity index (χ2v) is 5.74. The van der Waals surface area contributed by atoms with Crippen molar-refractivity contribution >= 4 is 11.9 Å². The average Bonchev–Trinajstić information content (AvgIpc) is 2.48. The Bertz CT molecular complexity index is 446. The first-order valence-corrected chi connectivity index (χ1v) is 8.01. The molecule has 0 spiro atoms. The minimum atomic E-state index is 0.0507. The third-order valence-corrected chi connectivity index (χ3v) is 3.78. The van der Waals surface area contributed by atoms with Crippen molar-refractivity contribution in [2.24, 2.45) is 0 Å². The van der Waals surface area contributed by atoms with Crippen molar-refractivity contribution in [3.8, 4) is 6.01 Å². The molecule has 6 heteroatoms. The summed E-state index contributed by atoms with van der Waals surface area (Å²) in [5.41, 5.74) is 0. The summed E-state index contributed by atoms with van der Waals surface area (Å²) in [6.07, 6.45) is 6.41. The summed E-state index contributed by atoms with van der Waals surface area (Å²) < 4.78 is 5.65. The summed E-state index contributed by atoms with van der Waals surface area (Å²) in [5, 5.41) is 2.99. The summed E-state index contributed by atoms with van der Waals surface area (Å²) >= 11 is 0. The zero-order valence-electron chi connectivity index (χ0n) is 13.6. The fraction of sp³-hybridized carbons (Fsp3) is 0.800. The molecule has 1 heterocycles. The molecule has 0 saturated heterocycles. The summed E-state index contributed by atoms with van der Waals surface area (Å²) in [7, 11) is 1.81. The van der Waals surface area contributed by atoms with Gasteiger partial charge < -0.3 is 15.0 Å². The maximum atomic E-state index is 5.65. The zero-order valence-corrected chi connectivity index (χ0v) is 13.6. The van der Waals surface area contributed by atoms with Crippen molar-refractivity contribution in [3.63, 3.8) is 0 Å². The largest absolute Gasteiger partial charge is 0.461 e. The van der Waals surface area contributed by atoms with E-state index in [9.17, 15) is 0 Å².